The molecule has 1 rings (SSSR count). The first-order valence-corrected chi connectivity index (χ1v) is 8.89. The minimum Gasteiger partial charge on any atom is -0.530 e. The quantitative estimate of drug-likeness (QED) is 0.690. The summed E-state index contributed by atoms with van der Waals surface area (Å²) in [6.45, 7) is 4.02. The predicted octanol–water partition coefficient (Wildman–Crippen LogP) is 2.21. The summed E-state index contributed by atoms with van der Waals surface area (Å²) >= 11 is 0. The maximum atomic E-state index is 11.7. The topological polar surface area (TPSA) is 77.5 Å². The predicted molar refractivity (Wildman–Crippen MR) is 81.1 cm³/mol. The second-order valence-electron chi connectivity index (χ2n) is 4.88. The van der Waals surface area contributed by atoms with Crippen LogP contribution in [0.1, 0.15) is 39.5 Å². The molecule has 21 heavy (non-hydrogen) atoms. The van der Waals surface area contributed by atoms with Gasteiger partial charge in [-0.1, -0.05) is 33.1 Å². The zero-order valence-electron chi connectivity index (χ0n) is 12.5. The van der Waals surface area contributed by atoms with Gasteiger partial charge in [0.05, 0.1) is 10.6 Å². The number of carbonyl (C=O) groups is 1. The minimum atomic E-state index is -3.27. The summed E-state index contributed by atoms with van der Waals surface area (Å²) in [5.41, 5.74) is 0.446. The Morgan fingerprint density at radius 3 is 2.19 bits per heavy atom. The van der Waals surface area contributed by atoms with E-state index in [1.54, 1.807) is 6.92 Å². The number of benzene rings is 1. The van der Waals surface area contributed by atoms with E-state index in [4.69, 9.17) is 0 Å². The summed E-state index contributed by atoms with van der Waals surface area (Å²) in [4.78, 5) is 12.6. The van der Waals surface area contributed by atoms with Gasteiger partial charge in [-0.2, -0.15) is 0 Å². The van der Waals surface area contributed by atoms with Gasteiger partial charge in [0.15, 0.2) is 9.84 Å². The molecule has 6 heteroatoms. The monoisotopic (exact) mass is 312 g/mol. The molecule has 0 aliphatic carbocycles. The van der Waals surface area contributed by atoms with Gasteiger partial charge in [0.25, 0.3) is 0 Å². The lowest BCUT2D eigenvalue weighted by atomic mass is 10.2. The Morgan fingerprint density at radius 1 is 1.10 bits per heavy atom. The van der Waals surface area contributed by atoms with Gasteiger partial charge in [-0.3, -0.25) is 0 Å². The van der Waals surface area contributed by atoms with Gasteiger partial charge in [-0.05, 0) is 30.7 Å². The molecule has 0 aliphatic heterocycles. The molecular formula is C15H22NO4S-. The maximum Gasteiger partial charge on any atom is 0.178 e. The Bertz CT molecular complexity index is 552. The highest BCUT2D eigenvalue weighted by Crippen LogP contribution is 2.19. The number of unbranched alkanes of at least 4 members (excludes halogenated alkanes) is 3. The summed E-state index contributed by atoms with van der Waals surface area (Å²) in [6, 6.07) is 5.91. The third-order valence-electron chi connectivity index (χ3n) is 3.34. The fourth-order valence-electron chi connectivity index (χ4n) is 2.02. The van der Waals surface area contributed by atoms with Crippen LogP contribution in [-0.4, -0.2) is 26.8 Å². The van der Waals surface area contributed by atoms with Crippen LogP contribution in [0.2, 0.25) is 0 Å². The van der Waals surface area contributed by atoms with Crippen molar-refractivity contribution in [3.63, 3.8) is 0 Å². The Hall–Kier alpha value is -1.56. The van der Waals surface area contributed by atoms with E-state index >= 15 is 0 Å². The third kappa shape index (κ3) is 5.04. The summed E-state index contributed by atoms with van der Waals surface area (Å²) in [5, 5.41) is 11.2. The fourth-order valence-corrected chi connectivity index (χ4v) is 2.91. The second kappa shape index (κ2) is 8.02. The molecule has 0 spiro atoms. The number of carbonyl (C=O) groups excluding carboxylic acids is 1. The lowest BCUT2D eigenvalue weighted by molar-refractivity contribution is -0.246. The average Bonchev–Trinajstić information content (AvgIpc) is 2.47. The smallest absolute Gasteiger partial charge is 0.178 e. The lowest BCUT2D eigenvalue weighted by Crippen LogP contribution is -2.42. The van der Waals surface area contributed by atoms with Gasteiger partial charge < -0.3 is 14.8 Å². The van der Waals surface area contributed by atoms with E-state index in [0.717, 1.165) is 30.6 Å². The van der Waals surface area contributed by atoms with Crippen LogP contribution in [0.25, 0.3) is 0 Å². The Balaban J connectivity index is 2.83. The Kier molecular flexibility index (Phi) is 6.68. The van der Waals surface area contributed by atoms with E-state index < -0.39 is 15.9 Å². The molecule has 0 unspecified atom stereocenters. The summed E-state index contributed by atoms with van der Waals surface area (Å²) in [7, 11) is -3.27. The molecule has 1 aromatic carbocycles. The van der Waals surface area contributed by atoms with Crippen molar-refractivity contribution in [2.24, 2.45) is 0 Å². The van der Waals surface area contributed by atoms with E-state index in [1.807, 2.05) is 0 Å². The first-order valence-electron chi connectivity index (χ1n) is 7.23. The van der Waals surface area contributed by atoms with Crippen LogP contribution in [-0.2, 0) is 9.84 Å². The molecule has 0 saturated heterocycles. The highest BCUT2D eigenvalue weighted by atomic mass is 32.2. The zero-order chi connectivity index (χ0) is 15.9. The van der Waals surface area contributed by atoms with Crippen LogP contribution < -0.4 is 10.0 Å². The largest absolute Gasteiger partial charge is 0.530 e. The van der Waals surface area contributed by atoms with Crippen LogP contribution in [0.15, 0.2) is 29.2 Å². The number of sulfone groups is 1. The van der Waals surface area contributed by atoms with Crippen molar-refractivity contribution in [2.75, 3.05) is 17.2 Å². The van der Waals surface area contributed by atoms with Crippen molar-refractivity contribution in [1.29, 1.82) is 0 Å². The summed E-state index contributed by atoms with van der Waals surface area (Å²) in [5.74, 6) is 0.0214. The normalized spacial score (nSPS) is 11.3. The third-order valence-corrected chi connectivity index (χ3v) is 5.09. The molecule has 0 aromatic heterocycles. The number of hydrogen-bond donors (Lipinski definition) is 0. The average molecular weight is 312 g/mol. The van der Waals surface area contributed by atoms with Crippen molar-refractivity contribution in [3.8, 4) is 0 Å². The van der Waals surface area contributed by atoms with Crippen molar-refractivity contribution in [2.45, 2.75) is 44.4 Å². The number of anilines is 1. The zero-order valence-corrected chi connectivity index (χ0v) is 13.4. The van der Waals surface area contributed by atoms with Gasteiger partial charge in [0, 0.05) is 12.2 Å². The van der Waals surface area contributed by atoms with Gasteiger partial charge >= 0.3 is 0 Å². The SMILES string of the molecule is CCCCCCN(C(=O)[O-])c1ccc(S(=O)(=O)CC)cc1. The number of carboxylic acid groups (broad SMARTS) is 1. The van der Waals surface area contributed by atoms with Crippen LogP contribution in [0.4, 0.5) is 10.5 Å². The van der Waals surface area contributed by atoms with Gasteiger partial charge in [-0.15, -0.1) is 0 Å². The minimum absolute atomic E-state index is 0.0214. The standard InChI is InChI=1S/C15H23NO4S/c1-3-5-6-7-12-16(15(17)18)13-8-10-14(11-9-13)21(19,20)4-2/h8-11H,3-7,12H2,1-2H3,(H,17,18)/p-1. The van der Waals surface area contributed by atoms with E-state index in [0.29, 0.717) is 12.2 Å². The van der Waals surface area contributed by atoms with E-state index in [1.165, 1.54) is 24.3 Å². The molecule has 1 aromatic rings. The molecule has 0 saturated carbocycles. The molecule has 0 fully saturated rings. The van der Waals surface area contributed by atoms with Crippen LogP contribution >= 0.6 is 0 Å². The second-order valence-corrected chi connectivity index (χ2v) is 7.15. The maximum absolute atomic E-state index is 11.7. The summed E-state index contributed by atoms with van der Waals surface area (Å²) in [6.07, 6.45) is 2.60. The molecule has 0 atom stereocenters. The van der Waals surface area contributed by atoms with Crippen LogP contribution in [0.5, 0.6) is 0 Å². The first-order chi connectivity index (χ1) is 9.92. The van der Waals surface area contributed by atoms with E-state index in [-0.39, 0.29) is 10.6 Å². The molecule has 1 amide bonds. The van der Waals surface area contributed by atoms with Crippen molar-refractivity contribution in [3.05, 3.63) is 24.3 Å². The first kappa shape index (κ1) is 17.5. The van der Waals surface area contributed by atoms with E-state index in [2.05, 4.69) is 6.92 Å². The Labute approximate surface area is 126 Å². The molecule has 0 N–H and O–H groups in total. The van der Waals surface area contributed by atoms with Crippen molar-refractivity contribution >= 4 is 21.6 Å². The Morgan fingerprint density at radius 2 is 1.71 bits per heavy atom. The van der Waals surface area contributed by atoms with Gasteiger partial charge in [-0.25, -0.2) is 8.42 Å². The summed E-state index contributed by atoms with van der Waals surface area (Å²) < 4.78 is 23.4. The van der Waals surface area contributed by atoms with Gasteiger partial charge in [0.1, 0.15) is 6.09 Å². The number of amides is 1. The molecule has 0 radical (unpaired) electrons. The van der Waals surface area contributed by atoms with Crippen LogP contribution in [0.3, 0.4) is 0 Å². The fraction of sp³-hybridized carbons (Fsp3) is 0.533. The number of nitrogens with zero attached hydrogens (tertiary/aromatic N) is 1. The van der Waals surface area contributed by atoms with Crippen molar-refractivity contribution < 1.29 is 18.3 Å². The molecule has 5 nitrogen and oxygen atoms in total. The van der Waals surface area contributed by atoms with Crippen LogP contribution in [0, 0.1) is 0 Å². The number of hydrogen-bond acceptors (Lipinski definition) is 4. The highest BCUT2D eigenvalue weighted by Gasteiger charge is 2.13. The highest BCUT2D eigenvalue weighted by molar-refractivity contribution is 7.91. The number of rotatable bonds is 8. The molecule has 118 valence electrons. The molecule has 0 heterocycles. The van der Waals surface area contributed by atoms with Crippen molar-refractivity contribution in [1.82, 2.24) is 0 Å². The molecular weight excluding hydrogens is 290 g/mol. The lowest BCUT2D eigenvalue weighted by Gasteiger charge is -2.25. The molecule has 0 aliphatic rings. The van der Waals surface area contributed by atoms with E-state index in [9.17, 15) is 18.3 Å². The molecule has 0 bridgehead atoms. The van der Waals surface area contributed by atoms with Gasteiger partial charge in [0.2, 0.25) is 0 Å².